The highest BCUT2D eigenvalue weighted by atomic mass is 16.6. The van der Waals surface area contributed by atoms with Crippen LogP contribution in [0.5, 0.6) is 0 Å². The summed E-state index contributed by atoms with van der Waals surface area (Å²) in [6.45, 7) is 10.4. The van der Waals surface area contributed by atoms with E-state index >= 15 is 0 Å². The minimum Gasteiger partial charge on any atom is -0.464 e. The smallest absolute Gasteiger partial charge is 0.306 e. The molecule has 0 amide bonds. The molecule has 0 aliphatic heterocycles. The van der Waals surface area contributed by atoms with Crippen LogP contribution in [0.4, 0.5) is 0 Å². The van der Waals surface area contributed by atoms with Gasteiger partial charge in [0.05, 0.1) is 6.04 Å². The van der Waals surface area contributed by atoms with Gasteiger partial charge in [-0.25, -0.2) is 0 Å². The third-order valence-corrected chi connectivity index (χ3v) is 8.71. The third-order valence-electron chi connectivity index (χ3n) is 8.71. The second kappa shape index (κ2) is 33.9. The predicted molar refractivity (Wildman–Crippen MR) is 201 cm³/mol. The molecule has 0 saturated heterocycles. The number of carbonyl (C=O) groups is 4. The lowest BCUT2D eigenvalue weighted by molar-refractivity contribution is -0.151. The molecule has 0 bridgehead atoms. The average Bonchev–Trinajstić information content (AvgIpc) is 3.08. The average molecular weight is 713 g/mol. The number of hydrogen-bond acceptors (Lipinski definition) is 10. The molecule has 0 aromatic heterocycles. The lowest BCUT2D eigenvalue weighted by atomic mass is 10.1. The van der Waals surface area contributed by atoms with Gasteiger partial charge in [-0.05, 0) is 97.8 Å². The van der Waals surface area contributed by atoms with Gasteiger partial charge < -0.3 is 29.2 Å². The Morgan fingerprint density at radius 3 is 1.30 bits per heavy atom. The molecule has 294 valence electrons. The molecule has 0 aliphatic carbocycles. The van der Waals surface area contributed by atoms with E-state index in [0.717, 1.165) is 64.3 Å². The fourth-order valence-electron chi connectivity index (χ4n) is 5.73. The molecule has 0 fully saturated rings. The maximum absolute atomic E-state index is 12.5. The summed E-state index contributed by atoms with van der Waals surface area (Å²) >= 11 is 0. The quantitative estimate of drug-likeness (QED) is 0.0389. The van der Waals surface area contributed by atoms with Crippen molar-refractivity contribution >= 4 is 23.9 Å². The molecule has 0 heterocycles. The van der Waals surface area contributed by atoms with Crippen molar-refractivity contribution in [1.82, 2.24) is 10.2 Å². The molecule has 0 spiro atoms. The number of carbonyl (C=O) groups excluding carboxylic acids is 4. The van der Waals surface area contributed by atoms with Crippen molar-refractivity contribution in [2.75, 3.05) is 40.4 Å². The van der Waals surface area contributed by atoms with Crippen molar-refractivity contribution in [1.29, 1.82) is 0 Å². The van der Waals surface area contributed by atoms with Crippen molar-refractivity contribution < 1.29 is 38.1 Å². The number of ether oxygens (including phenoxy) is 4. The zero-order valence-electron chi connectivity index (χ0n) is 33.0. The highest BCUT2D eigenvalue weighted by molar-refractivity contribution is 5.71. The van der Waals surface area contributed by atoms with Gasteiger partial charge in [0, 0.05) is 25.7 Å². The van der Waals surface area contributed by atoms with E-state index in [1.54, 1.807) is 0 Å². The first-order valence-corrected chi connectivity index (χ1v) is 20.2. The maximum atomic E-state index is 12.5. The Labute approximate surface area is 305 Å². The molecular formula is C40H76N2O8. The van der Waals surface area contributed by atoms with Crippen molar-refractivity contribution in [2.24, 2.45) is 0 Å². The zero-order chi connectivity index (χ0) is 37.2. The Kier molecular flexibility index (Phi) is 32.4. The predicted octanol–water partition coefficient (Wildman–Crippen LogP) is 8.47. The summed E-state index contributed by atoms with van der Waals surface area (Å²) in [5.41, 5.74) is 0. The number of nitrogens with one attached hydrogen (secondary N) is 1. The summed E-state index contributed by atoms with van der Waals surface area (Å²) in [4.78, 5) is 51.8. The summed E-state index contributed by atoms with van der Waals surface area (Å²) in [5, 5.41) is 3.35. The molecule has 0 aliphatic rings. The number of hydrogen-bond donors (Lipinski definition) is 1. The topological polar surface area (TPSA) is 120 Å². The van der Waals surface area contributed by atoms with E-state index in [1.165, 1.54) is 38.5 Å². The molecule has 0 aromatic rings. The first-order valence-electron chi connectivity index (χ1n) is 20.2. The number of esters is 4. The van der Waals surface area contributed by atoms with Gasteiger partial charge in [-0.1, -0.05) is 79.1 Å². The molecule has 10 heteroatoms. The summed E-state index contributed by atoms with van der Waals surface area (Å²) in [6.07, 6.45) is 19.0. The molecule has 0 aromatic carbocycles. The van der Waals surface area contributed by atoms with Gasteiger partial charge in [-0.2, -0.15) is 0 Å². The largest absolute Gasteiger partial charge is 0.464 e. The highest BCUT2D eigenvalue weighted by Crippen LogP contribution is 2.16. The van der Waals surface area contributed by atoms with E-state index in [4.69, 9.17) is 18.9 Å². The fourth-order valence-corrected chi connectivity index (χ4v) is 5.73. The van der Waals surface area contributed by atoms with E-state index in [1.807, 2.05) is 14.1 Å². The van der Waals surface area contributed by atoms with Crippen LogP contribution in [0.3, 0.4) is 0 Å². The van der Waals surface area contributed by atoms with E-state index in [2.05, 4.69) is 37.9 Å². The first kappa shape index (κ1) is 47.8. The summed E-state index contributed by atoms with van der Waals surface area (Å²) in [5.74, 6) is -1.05. The van der Waals surface area contributed by atoms with Gasteiger partial charge in [0.2, 0.25) is 0 Å². The van der Waals surface area contributed by atoms with Crippen LogP contribution in [-0.2, 0) is 38.1 Å². The van der Waals surface area contributed by atoms with Crippen molar-refractivity contribution in [3.63, 3.8) is 0 Å². The van der Waals surface area contributed by atoms with Gasteiger partial charge in [0.1, 0.15) is 25.4 Å². The standard InChI is InChI=1S/C40H76N2O8/c1-7-11-13-15-24-35(22-9-3)49-39(45)28-19-17-26-37(43)47-32-34(41-30-21-31-42(5)6)33-48-38(44)27-18-20-29-40(46)50-36(23-10-4)25-16-14-12-8-2/h34-36,41H,7-33H2,1-6H3. The minimum atomic E-state index is -0.335. The SMILES string of the molecule is CCCCCCC(CCC)OC(=O)CCCCC(=O)OCC(COC(=O)CCCCC(=O)OC(CCC)CCCCCC)NCCCN(C)C. The van der Waals surface area contributed by atoms with Crippen LogP contribution >= 0.6 is 0 Å². The molecule has 0 saturated carbocycles. The number of unbranched alkanes of at least 4 members (excludes halogenated alkanes) is 8. The Bertz CT molecular complexity index is 793. The van der Waals surface area contributed by atoms with Crippen LogP contribution in [0.2, 0.25) is 0 Å². The first-order chi connectivity index (χ1) is 24.1. The highest BCUT2D eigenvalue weighted by Gasteiger charge is 2.17. The van der Waals surface area contributed by atoms with Crippen LogP contribution in [-0.4, -0.2) is 87.4 Å². The summed E-state index contributed by atoms with van der Waals surface area (Å²) in [6, 6.07) is -0.323. The molecule has 0 rings (SSSR count). The fraction of sp³-hybridized carbons (Fsp3) is 0.900. The van der Waals surface area contributed by atoms with Gasteiger partial charge in [0.15, 0.2) is 0 Å². The van der Waals surface area contributed by atoms with E-state index < -0.39 is 0 Å². The van der Waals surface area contributed by atoms with Crippen molar-refractivity contribution in [3.05, 3.63) is 0 Å². The van der Waals surface area contributed by atoms with Crippen molar-refractivity contribution in [3.8, 4) is 0 Å². The van der Waals surface area contributed by atoms with Gasteiger partial charge in [-0.15, -0.1) is 0 Å². The van der Waals surface area contributed by atoms with Crippen LogP contribution in [0.15, 0.2) is 0 Å². The summed E-state index contributed by atoms with van der Waals surface area (Å²) in [7, 11) is 4.02. The zero-order valence-corrected chi connectivity index (χ0v) is 33.0. The van der Waals surface area contributed by atoms with Crippen LogP contribution in [0.1, 0.15) is 175 Å². The minimum absolute atomic E-state index is 0.0115. The second-order valence-electron chi connectivity index (χ2n) is 14.1. The molecule has 2 unspecified atom stereocenters. The molecule has 0 radical (unpaired) electrons. The monoisotopic (exact) mass is 713 g/mol. The third kappa shape index (κ3) is 30.6. The Hall–Kier alpha value is -2.20. The van der Waals surface area contributed by atoms with Gasteiger partial charge in [-0.3, -0.25) is 19.2 Å². The lowest BCUT2D eigenvalue weighted by Crippen LogP contribution is -2.40. The molecule has 50 heavy (non-hydrogen) atoms. The molecule has 1 N–H and O–H groups in total. The Morgan fingerprint density at radius 2 is 0.920 bits per heavy atom. The van der Waals surface area contributed by atoms with E-state index in [9.17, 15) is 19.2 Å². The van der Waals surface area contributed by atoms with Crippen LogP contribution in [0, 0.1) is 0 Å². The number of nitrogens with zero attached hydrogens (tertiary/aromatic N) is 1. The molecular weight excluding hydrogens is 636 g/mol. The van der Waals surface area contributed by atoms with Crippen LogP contribution in [0.25, 0.3) is 0 Å². The lowest BCUT2D eigenvalue weighted by Gasteiger charge is -2.20. The second-order valence-corrected chi connectivity index (χ2v) is 14.1. The van der Waals surface area contributed by atoms with Crippen LogP contribution < -0.4 is 5.32 Å². The van der Waals surface area contributed by atoms with Gasteiger partial charge >= 0.3 is 23.9 Å². The van der Waals surface area contributed by atoms with Crippen molar-refractivity contribution in [2.45, 2.75) is 194 Å². The van der Waals surface area contributed by atoms with E-state index in [0.29, 0.717) is 45.1 Å². The van der Waals surface area contributed by atoms with E-state index in [-0.39, 0.29) is 68.2 Å². The molecule has 10 nitrogen and oxygen atoms in total. The normalized spacial score (nSPS) is 13.1. The number of rotatable bonds is 35. The Morgan fingerprint density at radius 1 is 0.500 bits per heavy atom. The maximum Gasteiger partial charge on any atom is 0.306 e. The molecule has 2 atom stereocenters. The summed E-state index contributed by atoms with van der Waals surface area (Å²) < 4.78 is 22.5. The van der Waals surface area contributed by atoms with Gasteiger partial charge in [0.25, 0.3) is 0 Å². The Balaban J connectivity index is 4.49.